The molecule has 0 N–H and O–H groups in total. The highest BCUT2D eigenvalue weighted by molar-refractivity contribution is 7.89. The van der Waals surface area contributed by atoms with Gasteiger partial charge in [0.25, 0.3) is 0 Å². The van der Waals surface area contributed by atoms with Crippen molar-refractivity contribution < 1.29 is 8.42 Å². The first-order chi connectivity index (χ1) is 9.02. The van der Waals surface area contributed by atoms with Gasteiger partial charge in [0, 0.05) is 31.0 Å². The van der Waals surface area contributed by atoms with Crippen LogP contribution < -0.4 is 0 Å². The highest BCUT2D eigenvalue weighted by Crippen LogP contribution is 2.38. The molecular weight excluding hydrogens is 284 g/mol. The molecule has 1 unspecified atom stereocenters. The van der Waals surface area contributed by atoms with Gasteiger partial charge in [0.2, 0.25) is 10.0 Å². The highest BCUT2D eigenvalue weighted by atomic mass is 35.5. The van der Waals surface area contributed by atoms with Gasteiger partial charge in [-0.25, -0.2) is 8.42 Å². The van der Waals surface area contributed by atoms with Crippen LogP contribution in [0.4, 0.5) is 0 Å². The van der Waals surface area contributed by atoms with E-state index in [0.29, 0.717) is 35.8 Å². The smallest absolute Gasteiger partial charge is 0.244 e. The third-order valence-electron chi connectivity index (χ3n) is 4.01. The molecule has 1 aromatic heterocycles. The molecule has 1 saturated carbocycles. The van der Waals surface area contributed by atoms with Crippen LogP contribution >= 0.6 is 11.6 Å². The van der Waals surface area contributed by atoms with Crippen LogP contribution in [-0.2, 0) is 15.9 Å². The lowest BCUT2D eigenvalue weighted by molar-refractivity contribution is 0.464. The number of rotatable bonds is 4. The molecule has 0 radical (unpaired) electrons. The average Bonchev–Trinajstić information content (AvgIpc) is 2.96. The maximum absolute atomic E-state index is 12.6. The van der Waals surface area contributed by atoms with E-state index in [0.717, 1.165) is 25.0 Å². The van der Waals surface area contributed by atoms with Crippen molar-refractivity contribution in [1.29, 1.82) is 0 Å². The summed E-state index contributed by atoms with van der Waals surface area (Å²) in [6.45, 7) is 3.36. The quantitative estimate of drug-likeness (QED) is 0.802. The van der Waals surface area contributed by atoms with Gasteiger partial charge in [0.15, 0.2) is 0 Å². The molecule has 0 amide bonds. The van der Waals surface area contributed by atoms with E-state index in [9.17, 15) is 8.42 Å². The Morgan fingerprint density at radius 1 is 1.37 bits per heavy atom. The SMILES string of the molecule is CC1CCN(S(=O)(=O)c2cc(CCl)n(C3CC3)c2)C1. The van der Waals surface area contributed by atoms with Gasteiger partial charge in [-0.3, -0.25) is 0 Å². The van der Waals surface area contributed by atoms with Gasteiger partial charge < -0.3 is 4.57 Å². The lowest BCUT2D eigenvalue weighted by atomic mass is 10.2. The summed E-state index contributed by atoms with van der Waals surface area (Å²) in [7, 11) is -3.34. The first-order valence-electron chi connectivity index (χ1n) is 6.79. The molecule has 1 saturated heterocycles. The monoisotopic (exact) mass is 302 g/mol. The molecule has 0 aromatic carbocycles. The molecule has 1 atom stereocenters. The van der Waals surface area contributed by atoms with Crippen molar-refractivity contribution in [2.24, 2.45) is 5.92 Å². The Morgan fingerprint density at radius 2 is 2.11 bits per heavy atom. The zero-order chi connectivity index (χ0) is 13.6. The molecule has 4 nitrogen and oxygen atoms in total. The zero-order valence-corrected chi connectivity index (χ0v) is 12.6. The lowest BCUT2D eigenvalue weighted by Crippen LogP contribution is -2.28. The van der Waals surface area contributed by atoms with Gasteiger partial charge in [0.05, 0.1) is 5.88 Å². The summed E-state index contributed by atoms with van der Waals surface area (Å²) < 4.78 is 28.8. The van der Waals surface area contributed by atoms with E-state index in [2.05, 4.69) is 6.92 Å². The van der Waals surface area contributed by atoms with E-state index in [1.165, 1.54) is 0 Å². The topological polar surface area (TPSA) is 42.3 Å². The van der Waals surface area contributed by atoms with Crippen LogP contribution in [0.1, 0.15) is 37.9 Å². The summed E-state index contributed by atoms with van der Waals surface area (Å²) in [5.74, 6) is 0.815. The summed E-state index contributed by atoms with van der Waals surface area (Å²) >= 11 is 5.92. The summed E-state index contributed by atoms with van der Waals surface area (Å²) in [4.78, 5) is 0.407. The van der Waals surface area contributed by atoms with Crippen molar-refractivity contribution in [3.63, 3.8) is 0 Å². The van der Waals surface area contributed by atoms with Gasteiger partial charge in [0.1, 0.15) is 4.90 Å². The zero-order valence-electron chi connectivity index (χ0n) is 11.0. The average molecular weight is 303 g/mol. The fourth-order valence-electron chi connectivity index (χ4n) is 2.70. The number of aromatic nitrogens is 1. The summed E-state index contributed by atoms with van der Waals surface area (Å²) in [6.07, 6.45) is 4.97. The largest absolute Gasteiger partial charge is 0.346 e. The second-order valence-corrected chi connectivity index (χ2v) is 7.90. The molecule has 0 spiro atoms. The number of hydrogen-bond acceptors (Lipinski definition) is 2. The molecular formula is C13H19ClN2O2S. The second kappa shape index (κ2) is 4.79. The molecule has 2 aliphatic rings. The molecule has 0 bridgehead atoms. The highest BCUT2D eigenvalue weighted by Gasteiger charge is 2.33. The molecule has 3 rings (SSSR count). The minimum Gasteiger partial charge on any atom is -0.346 e. The Balaban J connectivity index is 1.92. The maximum atomic E-state index is 12.6. The predicted molar refractivity (Wildman–Crippen MR) is 74.8 cm³/mol. The van der Waals surface area contributed by atoms with Crippen molar-refractivity contribution >= 4 is 21.6 Å². The van der Waals surface area contributed by atoms with Crippen LogP contribution in [0.15, 0.2) is 17.2 Å². The van der Waals surface area contributed by atoms with Crippen molar-refractivity contribution in [3.8, 4) is 0 Å². The van der Waals surface area contributed by atoms with Gasteiger partial charge in [-0.15, -0.1) is 11.6 Å². The second-order valence-electron chi connectivity index (χ2n) is 5.70. The lowest BCUT2D eigenvalue weighted by Gasteiger charge is -2.14. The molecule has 1 aromatic rings. The maximum Gasteiger partial charge on any atom is 0.244 e. The van der Waals surface area contributed by atoms with Crippen molar-refractivity contribution in [2.45, 2.75) is 43.0 Å². The Bertz CT molecular complexity index is 577. The van der Waals surface area contributed by atoms with Gasteiger partial charge in [-0.2, -0.15) is 4.31 Å². The molecule has 2 fully saturated rings. The first-order valence-corrected chi connectivity index (χ1v) is 8.76. The normalized spacial score (nSPS) is 25.1. The summed E-state index contributed by atoms with van der Waals surface area (Å²) in [5.41, 5.74) is 0.912. The Morgan fingerprint density at radius 3 is 2.63 bits per heavy atom. The third kappa shape index (κ3) is 2.43. The fraction of sp³-hybridized carbons (Fsp3) is 0.692. The molecule has 2 heterocycles. The molecule has 106 valence electrons. The van der Waals surface area contributed by atoms with E-state index in [-0.39, 0.29) is 0 Å². The van der Waals surface area contributed by atoms with Gasteiger partial charge >= 0.3 is 0 Å². The Hall–Kier alpha value is -0.520. The van der Waals surface area contributed by atoms with E-state index in [4.69, 9.17) is 11.6 Å². The van der Waals surface area contributed by atoms with Gasteiger partial charge in [-0.05, 0) is 31.2 Å². The summed E-state index contributed by atoms with van der Waals surface area (Å²) in [5, 5.41) is 0. The molecule has 1 aliphatic carbocycles. The molecule has 1 aliphatic heterocycles. The minimum atomic E-state index is -3.34. The van der Waals surface area contributed by atoms with Crippen LogP contribution in [-0.4, -0.2) is 30.4 Å². The van der Waals surface area contributed by atoms with Gasteiger partial charge in [-0.1, -0.05) is 6.92 Å². The molecule has 6 heteroatoms. The van der Waals surface area contributed by atoms with E-state index < -0.39 is 10.0 Å². The van der Waals surface area contributed by atoms with E-state index >= 15 is 0 Å². The van der Waals surface area contributed by atoms with Crippen LogP contribution in [0.25, 0.3) is 0 Å². The third-order valence-corrected chi connectivity index (χ3v) is 6.11. The predicted octanol–water partition coefficient (Wildman–Crippen LogP) is 2.59. The van der Waals surface area contributed by atoms with Crippen molar-refractivity contribution in [2.75, 3.05) is 13.1 Å². The Labute approximate surface area is 119 Å². The summed E-state index contributed by atoms with van der Waals surface area (Å²) in [6, 6.07) is 2.19. The van der Waals surface area contributed by atoms with Crippen LogP contribution in [0.2, 0.25) is 0 Å². The van der Waals surface area contributed by atoms with E-state index in [1.807, 2.05) is 4.57 Å². The van der Waals surface area contributed by atoms with Crippen LogP contribution in [0.3, 0.4) is 0 Å². The minimum absolute atomic E-state index is 0.364. The van der Waals surface area contributed by atoms with Crippen LogP contribution in [0.5, 0.6) is 0 Å². The first kappa shape index (κ1) is 13.5. The standard InChI is InChI=1S/C13H19ClN2O2S/c1-10-4-5-15(8-10)19(17,18)13-6-12(7-14)16(9-13)11-2-3-11/h6,9-11H,2-5,7-8H2,1H3. The number of alkyl halides is 1. The number of halogens is 1. The number of hydrogen-bond donors (Lipinski definition) is 0. The van der Waals surface area contributed by atoms with E-state index in [1.54, 1.807) is 16.6 Å². The number of sulfonamides is 1. The molecule has 19 heavy (non-hydrogen) atoms. The number of nitrogens with zero attached hydrogens (tertiary/aromatic N) is 2. The van der Waals surface area contributed by atoms with Crippen LogP contribution in [0, 0.1) is 5.92 Å². The fourth-order valence-corrected chi connectivity index (χ4v) is 4.54. The Kier molecular flexibility index (Phi) is 3.39. The van der Waals surface area contributed by atoms with Crippen molar-refractivity contribution in [1.82, 2.24) is 8.87 Å². The van der Waals surface area contributed by atoms with Crippen molar-refractivity contribution in [3.05, 3.63) is 18.0 Å².